The summed E-state index contributed by atoms with van der Waals surface area (Å²) in [5, 5.41) is 0. The lowest BCUT2D eigenvalue weighted by Crippen LogP contribution is -2.47. The number of amides is 1. The van der Waals surface area contributed by atoms with Crippen molar-refractivity contribution in [3.8, 4) is 0 Å². The molecule has 0 spiro atoms. The molecule has 1 heterocycles. The summed E-state index contributed by atoms with van der Waals surface area (Å²) >= 11 is 0. The van der Waals surface area contributed by atoms with Crippen molar-refractivity contribution in [3.63, 3.8) is 0 Å². The molecule has 1 saturated heterocycles. The summed E-state index contributed by atoms with van der Waals surface area (Å²) in [5.74, 6) is 5.43. The molecule has 1 fully saturated rings. The second kappa shape index (κ2) is 6.04. The Labute approximate surface area is 114 Å². The fraction of sp³-hybridized carbons (Fsp3) is 0.500. The Balaban J connectivity index is 2.05. The Morgan fingerprint density at radius 3 is 2.63 bits per heavy atom. The Bertz CT molecular complexity index is 430. The Hall–Kier alpha value is -1.59. The number of hydrogen-bond acceptors (Lipinski definition) is 4. The first kappa shape index (κ1) is 13.8. The molecular formula is C14H22N4O. The second-order valence-electron chi connectivity index (χ2n) is 5.23. The molecule has 1 aliphatic rings. The van der Waals surface area contributed by atoms with Crippen molar-refractivity contribution in [2.24, 2.45) is 5.84 Å². The molecule has 5 nitrogen and oxygen atoms in total. The molecule has 1 aromatic rings. The normalized spacial score (nSPS) is 19.6. The number of nitrogens with one attached hydrogen (secondary N) is 1. The van der Waals surface area contributed by atoms with Gasteiger partial charge in [-0.25, -0.2) is 0 Å². The van der Waals surface area contributed by atoms with Gasteiger partial charge in [0.1, 0.15) is 0 Å². The van der Waals surface area contributed by atoms with E-state index in [1.165, 1.54) is 0 Å². The summed E-state index contributed by atoms with van der Waals surface area (Å²) in [6, 6.07) is 7.73. The minimum Gasteiger partial charge on any atom is -0.337 e. The number of nitrogens with zero attached hydrogens (tertiary/aromatic N) is 2. The van der Waals surface area contributed by atoms with Gasteiger partial charge in [0.25, 0.3) is 5.91 Å². The molecule has 1 aromatic carbocycles. The predicted molar refractivity (Wildman–Crippen MR) is 76.9 cm³/mol. The van der Waals surface area contributed by atoms with E-state index in [4.69, 9.17) is 5.84 Å². The second-order valence-corrected chi connectivity index (χ2v) is 5.23. The van der Waals surface area contributed by atoms with Crippen molar-refractivity contribution in [1.29, 1.82) is 0 Å². The summed E-state index contributed by atoms with van der Waals surface area (Å²) in [6.45, 7) is 1.66. The van der Waals surface area contributed by atoms with Gasteiger partial charge in [0, 0.05) is 30.4 Å². The van der Waals surface area contributed by atoms with Crippen LogP contribution >= 0.6 is 0 Å². The average Bonchev–Trinajstić information content (AvgIpc) is 2.46. The zero-order chi connectivity index (χ0) is 13.8. The molecule has 1 amide bonds. The number of hydrogen-bond donors (Lipinski definition) is 2. The van der Waals surface area contributed by atoms with Crippen LogP contribution in [-0.2, 0) is 0 Å². The number of nitrogen functional groups attached to an aromatic ring is 1. The third-order valence-corrected chi connectivity index (χ3v) is 3.71. The summed E-state index contributed by atoms with van der Waals surface area (Å²) in [4.78, 5) is 16.6. The third kappa shape index (κ3) is 3.24. The molecule has 0 saturated carbocycles. The van der Waals surface area contributed by atoms with Gasteiger partial charge in [-0.3, -0.25) is 10.6 Å². The summed E-state index contributed by atoms with van der Waals surface area (Å²) in [5.41, 5.74) is 4.09. The van der Waals surface area contributed by atoms with Crippen molar-refractivity contribution in [1.82, 2.24) is 9.80 Å². The van der Waals surface area contributed by atoms with E-state index in [9.17, 15) is 4.79 Å². The minimum atomic E-state index is 0.107. The van der Waals surface area contributed by atoms with Crippen LogP contribution in [0.3, 0.4) is 0 Å². The smallest absolute Gasteiger partial charge is 0.253 e. The van der Waals surface area contributed by atoms with Gasteiger partial charge in [0.05, 0.1) is 0 Å². The van der Waals surface area contributed by atoms with Crippen LogP contribution in [-0.4, -0.2) is 48.9 Å². The van der Waals surface area contributed by atoms with E-state index in [0.29, 0.717) is 6.04 Å². The molecular weight excluding hydrogens is 240 g/mol. The van der Waals surface area contributed by atoms with E-state index in [1.54, 1.807) is 0 Å². The number of anilines is 1. The maximum Gasteiger partial charge on any atom is 0.253 e. The van der Waals surface area contributed by atoms with Gasteiger partial charge < -0.3 is 15.2 Å². The Morgan fingerprint density at radius 1 is 1.37 bits per heavy atom. The minimum absolute atomic E-state index is 0.107. The largest absolute Gasteiger partial charge is 0.337 e. The number of hydrazine groups is 1. The van der Waals surface area contributed by atoms with E-state index < -0.39 is 0 Å². The van der Waals surface area contributed by atoms with Crippen molar-refractivity contribution < 1.29 is 4.79 Å². The highest BCUT2D eigenvalue weighted by Crippen LogP contribution is 2.17. The van der Waals surface area contributed by atoms with Crippen LogP contribution in [0.2, 0.25) is 0 Å². The maximum atomic E-state index is 12.4. The monoisotopic (exact) mass is 262 g/mol. The molecule has 1 aliphatic heterocycles. The Morgan fingerprint density at radius 2 is 2.05 bits per heavy atom. The van der Waals surface area contributed by atoms with E-state index in [0.717, 1.165) is 37.2 Å². The summed E-state index contributed by atoms with van der Waals surface area (Å²) < 4.78 is 0. The van der Waals surface area contributed by atoms with E-state index in [1.807, 2.05) is 29.2 Å². The van der Waals surface area contributed by atoms with Crippen molar-refractivity contribution in [3.05, 3.63) is 29.8 Å². The predicted octanol–water partition coefficient (Wildman–Crippen LogP) is 1.14. The van der Waals surface area contributed by atoms with Gasteiger partial charge in [-0.15, -0.1) is 0 Å². The van der Waals surface area contributed by atoms with Crippen LogP contribution in [0.4, 0.5) is 5.69 Å². The lowest BCUT2D eigenvalue weighted by Gasteiger charge is -2.36. The third-order valence-electron chi connectivity index (χ3n) is 3.71. The molecule has 3 N–H and O–H groups in total. The fourth-order valence-corrected chi connectivity index (χ4v) is 2.45. The lowest BCUT2D eigenvalue weighted by atomic mass is 10.0. The molecule has 19 heavy (non-hydrogen) atoms. The zero-order valence-corrected chi connectivity index (χ0v) is 11.6. The molecule has 0 radical (unpaired) electrons. The number of benzene rings is 1. The number of carbonyl (C=O) groups is 1. The van der Waals surface area contributed by atoms with Crippen LogP contribution < -0.4 is 11.3 Å². The van der Waals surface area contributed by atoms with Crippen molar-refractivity contribution >= 4 is 11.6 Å². The first-order valence-electron chi connectivity index (χ1n) is 6.64. The van der Waals surface area contributed by atoms with Gasteiger partial charge in [-0.1, -0.05) is 0 Å². The van der Waals surface area contributed by atoms with Crippen molar-refractivity contribution in [2.45, 2.75) is 18.9 Å². The van der Waals surface area contributed by atoms with Gasteiger partial charge in [0.2, 0.25) is 0 Å². The highest BCUT2D eigenvalue weighted by Gasteiger charge is 2.25. The van der Waals surface area contributed by atoms with Gasteiger partial charge in [0.15, 0.2) is 0 Å². The van der Waals surface area contributed by atoms with Crippen LogP contribution in [0.5, 0.6) is 0 Å². The number of carbonyl (C=O) groups excluding carboxylic acids is 1. The summed E-state index contributed by atoms with van der Waals surface area (Å²) in [6.07, 6.45) is 2.23. The average molecular weight is 262 g/mol. The molecule has 1 unspecified atom stereocenters. The number of nitrogens with two attached hydrogens (primary N) is 1. The fourth-order valence-electron chi connectivity index (χ4n) is 2.45. The standard InChI is InChI=1S/C14H22N4O/c1-17(2)13-4-3-9-18(10-13)14(19)11-5-7-12(16-15)8-6-11/h5-8,13,16H,3-4,9-10,15H2,1-2H3. The van der Waals surface area contributed by atoms with E-state index in [2.05, 4.69) is 24.4 Å². The molecule has 5 heteroatoms. The lowest BCUT2D eigenvalue weighted by molar-refractivity contribution is 0.0635. The van der Waals surface area contributed by atoms with Crippen molar-refractivity contribution in [2.75, 3.05) is 32.6 Å². The molecule has 104 valence electrons. The Kier molecular flexibility index (Phi) is 4.39. The van der Waals surface area contributed by atoms with Crippen LogP contribution in [0.25, 0.3) is 0 Å². The molecule has 1 atom stereocenters. The zero-order valence-electron chi connectivity index (χ0n) is 11.6. The van der Waals surface area contributed by atoms with Crippen LogP contribution in [0.1, 0.15) is 23.2 Å². The number of rotatable bonds is 3. The maximum absolute atomic E-state index is 12.4. The molecule has 2 rings (SSSR count). The molecule has 0 aliphatic carbocycles. The van der Waals surface area contributed by atoms with Gasteiger partial charge >= 0.3 is 0 Å². The number of likely N-dealkylation sites (N-methyl/N-ethyl adjacent to an activating group) is 1. The van der Waals surface area contributed by atoms with Gasteiger partial charge in [-0.05, 0) is 51.2 Å². The molecule has 0 bridgehead atoms. The number of likely N-dealkylation sites (tertiary alicyclic amines) is 1. The summed E-state index contributed by atoms with van der Waals surface area (Å²) in [7, 11) is 4.14. The van der Waals surface area contributed by atoms with Crippen LogP contribution in [0.15, 0.2) is 24.3 Å². The first-order chi connectivity index (χ1) is 9.11. The van der Waals surface area contributed by atoms with E-state index >= 15 is 0 Å². The topological polar surface area (TPSA) is 61.6 Å². The highest BCUT2D eigenvalue weighted by molar-refractivity contribution is 5.94. The first-order valence-corrected chi connectivity index (χ1v) is 6.64. The SMILES string of the molecule is CN(C)C1CCCN(C(=O)c2ccc(NN)cc2)C1. The quantitative estimate of drug-likeness (QED) is 0.633. The molecule has 0 aromatic heterocycles. The van der Waals surface area contributed by atoms with Crippen LogP contribution in [0, 0.1) is 0 Å². The van der Waals surface area contributed by atoms with Gasteiger partial charge in [-0.2, -0.15) is 0 Å². The van der Waals surface area contributed by atoms with E-state index in [-0.39, 0.29) is 5.91 Å². The number of piperidine rings is 1. The highest BCUT2D eigenvalue weighted by atomic mass is 16.2.